The molecule has 0 bridgehead atoms. The first-order chi connectivity index (χ1) is 8.88. The van der Waals surface area contributed by atoms with Gasteiger partial charge in [-0.2, -0.15) is 0 Å². The van der Waals surface area contributed by atoms with E-state index in [1.807, 2.05) is 6.20 Å². The molecule has 0 saturated heterocycles. The van der Waals surface area contributed by atoms with Gasteiger partial charge in [0.05, 0.1) is 11.7 Å². The molecular formula is C15H27N3. The third kappa shape index (κ3) is 6.10. The molecule has 0 saturated carbocycles. The molecular weight excluding hydrogens is 222 g/mol. The zero-order valence-corrected chi connectivity index (χ0v) is 11.9. The van der Waals surface area contributed by atoms with E-state index in [9.17, 15) is 0 Å². The van der Waals surface area contributed by atoms with Crippen molar-refractivity contribution in [1.82, 2.24) is 15.3 Å². The lowest BCUT2D eigenvalue weighted by Crippen LogP contribution is -2.23. The molecule has 1 aromatic heterocycles. The van der Waals surface area contributed by atoms with Crippen LogP contribution in [0.25, 0.3) is 0 Å². The van der Waals surface area contributed by atoms with Crippen molar-refractivity contribution in [2.75, 3.05) is 6.54 Å². The first-order valence-electron chi connectivity index (χ1n) is 7.37. The first kappa shape index (κ1) is 15.1. The van der Waals surface area contributed by atoms with Crippen LogP contribution >= 0.6 is 0 Å². The van der Waals surface area contributed by atoms with Gasteiger partial charge >= 0.3 is 0 Å². The van der Waals surface area contributed by atoms with Crippen molar-refractivity contribution in [2.45, 2.75) is 64.8 Å². The Morgan fingerprint density at radius 1 is 1.06 bits per heavy atom. The van der Waals surface area contributed by atoms with Gasteiger partial charge < -0.3 is 5.32 Å². The maximum Gasteiger partial charge on any atom is 0.0756 e. The molecule has 102 valence electrons. The molecule has 3 nitrogen and oxygen atoms in total. The second-order valence-electron chi connectivity index (χ2n) is 4.84. The summed E-state index contributed by atoms with van der Waals surface area (Å²) >= 11 is 0. The summed E-state index contributed by atoms with van der Waals surface area (Å²) in [6.07, 6.45) is 14.4. The number of rotatable bonds is 10. The summed E-state index contributed by atoms with van der Waals surface area (Å²) in [4.78, 5) is 8.59. The van der Waals surface area contributed by atoms with Crippen molar-refractivity contribution < 1.29 is 0 Å². The maximum absolute atomic E-state index is 4.42. The minimum absolute atomic E-state index is 0.375. The van der Waals surface area contributed by atoms with E-state index in [4.69, 9.17) is 0 Å². The minimum atomic E-state index is 0.375. The molecule has 1 rings (SSSR count). The van der Waals surface area contributed by atoms with E-state index in [-0.39, 0.29) is 0 Å². The Balaban J connectivity index is 2.36. The van der Waals surface area contributed by atoms with Crippen molar-refractivity contribution in [3.8, 4) is 0 Å². The summed E-state index contributed by atoms with van der Waals surface area (Å²) in [7, 11) is 0. The Kier molecular flexibility index (Phi) is 8.40. The van der Waals surface area contributed by atoms with Crippen LogP contribution in [0.1, 0.15) is 70.5 Å². The van der Waals surface area contributed by atoms with Gasteiger partial charge in [0.25, 0.3) is 0 Å². The molecule has 0 radical (unpaired) electrons. The van der Waals surface area contributed by atoms with Crippen LogP contribution in [0.5, 0.6) is 0 Å². The molecule has 0 spiro atoms. The largest absolute Gasteiger partial charge is 0.309 e. The number of nitrogens with zero attached hydrogens (tertiary/aromatic N) is 2. The third-order valence-electron chi connectivity index (χ3n) is 3.18. The molecule has 0 aliphatic carbocycles. The summed E-state index contributed by atoms with van der Waals surface area (Å²) < 4.78 is 0. The Bertz CT molecular complexity index is 287. The van der Waals surface area contributed by atoms with Crippen molar-refractivity contribution >= 4 is 0 Å². The summed E-state index contributed by atoms with van der Waals surface area (Å²) in [5.74, 6) is 0. The quantitative estimate of drug-likeness (QED) is 0.639. The highest BCUT2D eigenvalue weighted by atomic mass is 14.9. The van der Waals surface area contributed by atoms with E-state index in [0.717, 1.165) is 18.7 Å². The molecule has 0 aliphatic rings. The molecule has 3 heteroatoms. The molecule has 1 N–H and O–H groups in total. The van der Waals surface area contributed by atoms with Crippen LogP contribution in [0.2, 0.25) is 0 Å². The van der Waals surface area contributed by atoms with Gasteiger partial charge in [0.1, 0.15) is 0 Å². The Morgan fingerprint density at radius 2 is 1.89 bits per heavy atom. The lowest BCUT2D eigenvalue weighted by Gasteiger charge is -2.17. The molecule has 0 aliphatic heterocycles. The Morgan fingerprint density at radius 3 is 2.56 bits per heavy atom. The number of unbranched alkanes of at least 4 members (excludes halogenated alkanes) is 4. The number of hydrogen-bond acceptors (Lipinski definition) is 3. The standard InChI is InChI=1S/C15H27N3/c1-3-5-6-7-8-9-14(17-10-4-2)15-13-16-11-12-18-15/h11-14,17H,3-10H2,1-2H3. The third-order valence-corrected chi connectivity index (χ3v) is 3.18. The molecule has 1 unspecified atom stereocenters. The van der Waals surface area contributed by atoms with E-state index >= 15 is 0 Å². The first-order valence-corrected chi connectivity index (χ1v) is 7.37. The number of nitrogens with one attached hydrogen (secondary N) is 1. The fraction of sp³-hybridized carbons (Fsp3) is 0.733. The van der Waals surface area contributed by atoms with Gasteiger partial charge in [-0.15, -0.1) is 0 Å². The molecule has 18 heavy (non-hydrogen) atoms. The van der Waals surface area contributed by atoms with Gasteiger partial charge in [-0.05, 0) is 19.4 Å². The van der Waals surface area contributed by atoms with Gasteiger partial charge in [-0.1, -0.05) is 46.0 Å². The minimum Gasteiger partial charge on any atom is -0.309 e. The van der Waals surface area contributed by atoms with Crippen LogP contribution in [0.4, 0.5) is 0 Å². The van der Waals surface area contributed by atoms with E-state index in [2.05, 4.69) is 29.1 Å². The van der Waals surface area contributed by atoms with Gasteiger partial charge in [0, 0.05) is 18.6 Å². The Hall–Kier alpha value is -0.960. The number of aromatic nitrogens is 2. The van der Waals surface area contributed by atoms with E-state index in [1.54, 1.807) is 12.4 Å². The van der Waals surface area contributed by atoms with E-state index in [0.29, 0.717) is 6.04 Å². The second kappa shape index (κ2) is 10.0. The molecule has 1 atom stereocenters. The lowest BCUT2D eigenvalue weighted by molar-refractivity contribution is 0.458. The summed E-state index contributed by atoms with van der Waals surface area (Å²) in [6, 6.07) is 0.375. The number of hydrogen-bond donors (Lipinski definition) is 1. The predicted molar refractivity (Wildman–Crippen MR) is 76.4 cm³/mol. The highest BCUT2D eigenvalue weighted by molar-refractivity contribution is 5.01. The summed E-state index contributed by atoms with van der Waals surface area (Å²) in [6.45, 7) is 5.50. The van der Waals surface area contributed by atoms with Crippen LogP contribution in [-0.4, -0.2) is 16.5 Å². The van der Waals surface area contributed by atoms with Crippen molar-refractivity contribution in [2.24, 2.45) is 0 Å². The van der Waals surface area contributed by atoms with E-state index in [1.165, 1.54) is 38.5 Å². The average molecular weight is 249 g/mol. The zero-order chi connectivity index (χ0) is 13.1. The fourth-order valence-corrected chi connectivity index (χ4v) is 2.12. The smallest absolute Gasteiger partial charge is 0.0756 e. The van der Waals surface area contributed by atoms with Gasteiger partial charge in [0.2, 0.25) is 0 Å². The molecule has 0 aromatic carbocycles. The van der Waals surface area contributed by atoms with Crippen LogP contribution < -0.4 is 5.32 Å². The monoisotopic (exact) mass is 249 g/mol. The second-order valence-corrected chi connectivity index (χ2v) is 4.84. The normalized spacial score (nSPS) is 12.6. The van der Waals surface area contributed by atoms with Crippen LogP contribution in [0.15, 0.2) is 18.6 Å². The lowest BCUT2D eigenvalue weighted by atomic mass is 10.0. The Labute approximate surface area is 111 Å². The van der Waals surface area contributed by atoms with Crippen molar-refractivity contribution in [3.05, 3.63) is 24.3 Å². The molecule has 0 fully saturated rings. The molecule has 1 aromatic rings. The maximum atomic E-state index is 4.42. The predicted octanol–water partition coefficient (Wildman–Crippen LogP) is 3.88. The summed E-state index contributed by atoms with van der Waals surface area (Å²) in [5, 5.41) is 3.57. The van der Waals surface area contributed by atoms with Crippen molar-refractivity contribution in [3.63, 3.8) is 0 Å². The summed E-state index contributed by atoms with van der Waals surface area (Å²) in [5.41, 5.74) is 1.08. The zero-order valence-electron chi connectivity index (χ0n) is 11.9. The topological polar surface area (TPSA) is 37.8 Å². The fourth-order valence-electron chi connectivity index (χ4n) is 2.12. The highest BCUT2D eigenvalue weighted by Gasteiger charge is 2.11. The molecule has 0 amide bonds. The van der Waals surface area contributed by atoms with Crippen LogP contribution in [0.3, 0.4) is 0 Å². The van der Waals surface area contributed by atoms with E-state index < -0.39 is 0 Å². The highest BCUT2D eigenvalue weighted by Crippen LogP contribution is 2.17. The SMILES string of the molecule is CCCCCCCC(NCCC)c1cnccn1. The average Bonchev–Trinajstić information content (AvgIpc) is 2.43. The molecule has 1 heterocycles. The van der Waals surface area contributed by atoms with Gasteiger partial charge in [-0.25, -0.2) is 0 Å². The van der Waals surface area contributed by atoms with Crippen molar-refractivity contribution in [1.29, 1.82) is 0 Å². The van der Waals surface area contributed by atoms with Crippen LogP contribution in [-0.2, 0) is 0 Å². The van der Waals surface area contributed by atoms with Gasteiger partial charge in [0.15, 0.2) is 0 Å². The van der Waals surface area contributed by atoms with Gasteiger partial charge in [-0.3, -0.25) is 9.97 Å². The van der Waals surface area contributed by atoms with Crippen LogP contribution in [0, 0.1) is 0 Å².